The van der Waals surface area contributed by atoms with Gasteiger partial charge in [-0.25, -0.2) is 0 Å². The number of rotatable bonds is 9. The van der Waals surface area contributed by atoms with Crippen molar-refractivity contribution in [3.05, 3.63) is 35.4 Å². The number of hydrogen-bond acceptors (Lipinski definition) is 3. The zero-order valence-electron chi connectivity index (χ0n) is 16.7. The summed E-state index contributed by atoms with van der Waals surface area (Å²) in [6, 6.07) is 8.61. The van der Waals surface area contributed by atoms with Crippen molar-refractivity contribution in [2.45, 2.75) is 52.7 Å². The van der Waals surface area contributed by atoms with Crippen LogP contribution >= 0.6 is 0 Å². The van der Waals surface area contributed by atoms with Gasteiger partial charge in [0.15, 0.2) is 5.96 Å². The van der Waals surface area contributed by atoms with Crippen molar-refractivity contribution >= 4 is 5.96 Å². The van der Waals surface area contributed by atoms with Gasteiger partial charge in [0.25, 0.3) is 0 Å². The number of aliphatic hydroxyl groups is 1. The topological polar surface area (TPSA) is 59.9 Å². The summed E-state index contributed by atoms with van der Waals surface area (Å²) in [6.45, 7) is 11.3. The van der Waals surface area contributed by atoms with E-state index < -0.39 is 6.10 Å². The molecule has 1 unspecified atom stereocenters. The van der Waals surface area contributed by atoms with Crippen LogP contribution < -0.4 is 10.6 Å². The van der Waals surface area contributed by atoms with Crippen LogP contribution in [-0.4, -0.2) is 54.8 Å². The van der Waals surface area contributed by atoms with Gasteiger partial charge in [-0.2, -0.15) is 0 Å². The van der Waals surface area contributed by atoms with Crippen molar-refractivity contribution in [2.75, 3.05) is 32.7 Å². The summed E-state index contributed by atoms with van der Waals surface area (Å²) in [6.07, 6.45) is 2.96. The Labute approximate surface area is 158 Å². The van der Waals surface area contributed by atoms with Gasteiger partial charge in [-0.3, -0.25) is 9.89 Å². The van der Waals surface area contributed by atoms with E-state index in [4.69, 9.17) is 0 Å². The Morgan fingerprint density at radius 2 is 1.88 bits per heavy atom. The lowest BCUT2D eigenvalue weighted by Crippen LogP contribution is -2.45. The first-order valence-electron chi connectivity index (χ1n) is 10.2. The summed E-state index contributed by atoms with van der Waals surface area (Å²) in [4.78, 5) is 7.01. The molecule has 0 radical (unpaired) electrons. The number of nitrogens with one attached hydrogen (secondary N) is 2. The van der Waals surface area contributed by atoms with Gasteiger partial charge >= 0.3 is 0 Å². The second-order valence-corrected chi connectivity index (χ2v) is 7.19. The lowest BCUT2D eigenvalue weighted by molar-refractivity contribution is 0.108. The van der Waals surface area contributed by atoms with Crippen LogP contribution in [0.15, 0.2) is 29.3 Å². The number of nitrogens with zero attached hydrogens (tertiary/aromatic N) is 2. The lowest BCUT2D eigenvalue weighted by atomic mass is 10.00. The van der Waals surface area contributed by atoms with Gasteiger partial charge in [0.1, 0.15) is 0 Å². The Morgan fingerprint density at radius 3 is 2.58 bits per heavy atom. The first-order valence-corrected chi connectivity index (χ1v) is 10.2. The van der Waals surface area contributed by atoms with Crippen molar-refractivity contribution in [3.63, 3.8) is 0 Å². The van der Waals surface area contributed by atoms with E-state index in [1.54, 1.807) is 0 Å². The molecule has 0 bridgehead atoms. The molecule has 0 fully saturated rings. The second kappa shape index (κ2) is 11.2. The fraction of sp³-hybridized carbons (Fsp3) is 0.667. The molecule has 26 heavy (non-hydrogen) atoms. The van der Waals surface area contributed by atoms with Gasteiger partial charge < -0.3 is 15.7 Å². The highest BCUT2D eigenvalue weighted by molar-refractivity contribution is 5.79. The first-order chi connectivity index (χ1) is 12.7. The van der Waals surface area contributed by atoms with E-state index in [2.05, 4.69) is 65.6 Å². The molecule has 1 heterocycles. The first kappa shape index (κ1) is 20.7. The second-order valence-electron chi connectivity index (χ2n) is 7.19. The number of aliphatic imine (C=N–C) groups is 1. The Hall–Kier alpha value is -1.59. The monoisotopic (exact) mass is 360 g/mol. The van der Waals surface area contributed by atoms with E-state index in [1.807, 2.05) is 0 Å². The summed E-state index contributed by atoms with van der Waals surface area (Å²) >= 11 is 0. The fourth-order valence-corrected chi connectivity index (χ4v) is 3.40. The molecule has 0 saturated heterocycles. The molecule has 1 aliphatic rings. The molecule has 3 N–H and O–H groups in total. The molecule has 0 saturated carbocycles. The summed E-state index contributed by atoms with van der Waals surface area (Å²) in [5.41, 5.74) is 2.83. The summed E-state index contributed by atoms with van der Waals surface area (Å²) in [5, 5.41) is 17.0. The molecule has 1 aromatic carbocycles. The SMILES string of the molecule is CCNC(=NCC(CC)CC)NCC(O)CN1CCc2ccccc2C1. The number of fused-ring (bicyclic) bond motifs is 1. The predicted octanol–water partition coefficient (Wildman–Crippen LogP) is 2.40. The largest absolute Gasteiger partial charge is 0.390 e. The van der Waals surface area contributed by atoms with E-state index in [-0.39, 0.29) is 0 Å². The van der Waals surface area contributed by atoms with Crippen LogP contribution in [0.4, 0.5) is 0 Å². The predicted molar refractivity (Wildman–Crippen MR) is 109 cm³/mol. The highest BCUT2D eigenvalue weighted by atomic mass is 16.3. The minimum Gasteiger partial charge on any atom is -0.390 e. The van der Waals surface area contributed by atoms with Crippen LogP contribution in [0.1, 0.15) is 44.7 Å². The molecule has 0 amide bonds. The van der Waals surface area contributed by atoms with E-state index in [0.29, 0.717) is 19.0 Å². The summed E-state index contributed by atoms with van der Waals surface area (Å²) in [5.74, 6) is 1.44. The number of guanidine groups is 1. The van der Waals surface area contributed by atoms with E-state index in [9.17, 15) is 5.11 Å². The van der Waals surface area contributed by atoms with Crippen LogP contribution in [0, 0.1) is 5.92 Å². The molecule has 5 nitrogen and oxygen atoms in total. The van der Waals surface area contributed by atoms with Gasteiger partial charge in [0.2, 0.25) is 0 Å². The van der Waals surface area contributed by atoms with Crippen molar-refractivity contribution in [2.24, 2.45) is 10.9 Å². The third kappa shape index (κ3) is 6.61. The zero-order chi connectivity index (χ0) is 18.8. The van der Waals surface area contributed by atoms with Crippen LogP contribution in [0.5, 0.6) is 0 Å². The highest BCUT2D eigenvalue weighted by Crippen LogP contribution is 2.18. The van der Waals surface area contributed by atoms with E-state index in [1.165, 1.54) is 11.1 Å². The van der Waals surface area contributed by atoms with Gasteiger partial charge in [0.05, 0.1) is 6.10 Å². The maximum absolute atomic E-state index is 10.4. The highest BCUT2D eigenvalue weighted by Gasteiger charge is 2.18. The van der Waals surface area contributed by atoms with Crippen LogP contribution in [-0.2, 0) is 13.0 Å². The summed E-state index contributed by atoms with van der Waals surface area (Å²) in [7, 11) is 0. The Bertz CT molecular complexity index is 557. The molecule has 0 aromatic heterocycles. The van der Waals surface area contributed by atoms with Gasteiger partial charge in [-0.15, -0.1) is 0 Å². The van der Waals surface area contributed by atoms with Gasteiger partial charge in [-0.05, 0) is 30.4 Å². The quantitative estimate of drug-likeness (QED) is 0.467. The maximum atomic E-state index is 10.4. The normalized spacial score (nSPS) is 16.4. The lowest BCUT2D eigenvalue weighted by Gasteiger charge is -2.30. The van der Waals surface area contributed by atoms with E-state index in [0.717, 1.165) is 51.4 Å². The van der Waals surface area contributed by atoms with Gasteiger partial charge in [0, 0.05) is 39.3 Å². The molecule has 146 valence electrons. The molecular formula is C21H36N4O. The molecule has 0 aliphatic carbocycles. The number of hydrogen-bond donors (Lipinski definition) is 3. The number of aliphatic hydroxyl groups excluding tert-OH is 1. The molecule has 1 aromatic rings. The average Bonchev–Trinajstić information content (AvgIpc) is 2.66. The smallest absolute Gasteiger partial charge is 0.191 e. The van der Waals surface area contributed by atoms with Crippen molar-refractivity contribution in [3.8, 4) is 0 Å². The third-order valence-electron chi connectivity index (χ3n) is 5.19. The zero-order valence-corrected chi connectivity index (χ0v) is 16.7. The Balaban J connectivity index is 1.79. The van der Waals surface area contributed by atoms with E-state index >= 15 is 0 Å². The van der Waals surface area contributed by atoms with Crippen molar-refractivity contribution < 1.29 is 5.11 Å². The minimum atomic E-state index is -0.405. The van der Waals surface area contributed by atoms with Crippen LogP contribution in [0.3, 0.4) is 0 Å². The average molecular weight is 361 g/mol. The molecule has 1 atom stereocenters. The number of benzene rings is 1. The molecule has 2 rings (SSSR count). The molecule has 5 heteroatoms. The standard InChI is InChI=1S/C21H36N4O/c1-4-17(5-2)13-23-21(22-6-3)24-14-20(26)16-25-12-11-18-9-7-8-10-19(18)15-25/h7-10,17,20,26H,4-6,11-16H2,1-3H3,(H2,22,23,24). The fourth-order valence-electron chi connectivity index (χ4n) is 3.40. The molecule has 1 aliphatic heterocycles. The Morgan fingerprint density at radius 1 is 1.15 bits per heavy atom. The molecule has 0 spiro atoms. The van der Waals surface area contributed by atoms with Crippen LogP contribution in [0.25, 0.3) is 0 Å². The third-order valence-corrected chi connectivity index (χ3v) is 5.19. The maximum Gasteiger partial charge on any atom is 0.191 e. The molecular weight excluding hydrogens is 324 g/mol. The summed E-state index contributed by atoms with van der Waals surface area (Å²) < 4.78 is 0. The van der Waals surface area contributed by atoms with Crippen molar-refractivity contribution in [1.29, 1.82) is 0 Å². The van der Waals surface area contributed by atoms with Crippen molar-refractivity contribution in [1.82, 2.24) is 15.5 Å². The van der Waals surface area contributed by atoms with Gasteiger partial charge in [-0.1, -0.05) is 51.0 Å². The Kier molecular flexibility index (Phi) is 8.92. The van der Waals surface area contributed by atoms with Crippen LogP contribution in [0.2, 0.25) is 0 Å². The number of β-amino-alcohol motifs (C(OH)–C–C–N with tert-alkyl or cyclic N) is 1. The minimum absolute atomic E-state index is 0.405.